The molecule has 20 heavy (non-hydrogen) atoms. The van der Waals surface area contributed by atoms with Gasteiger partial charge in [-0.05, 0) is 18.9 Å². The van der Waals surface area contributed by atoms with E-state index in [9.17, 15) is 18.4 Å². The van der Waals surface area contributed by atoms with Gasteiger partial charge in [0, 0.05) is 31.8 Å². The number of Topliss-reactive ketones (excluding diaryl/α,β-unsaturated/α-hetero) is 1. The van der Waals surface area contributed by atoms with Gasteiger partial charge in [0.2, 0.25) is 0 Å². The predicted molar refractivity (Wildman–Crippen MR) is 65.7 cm³/mol. The third-order valence-electron chi connectivity index (χ3n) is 4.29. The van der Waals surface area contributed by atoms with Crippen LogP contribution >= 0.6 is 0 Å². The largest absolute Gasteiger partial charge is 0.336 e. The zero-order chi connectivity index (χ0) is 14.5. The van der Waals surface area contributed by atoms with Gasteiger partial charge in [0.25, 0.3) is 11.8 Å². The normalized spacial score (nSPS) is 27.6. The number of hydrogen-bond acceptors (Lipinski definition) is 3. The number of carbonyl (C=O) groups is 2. The minimum Gasteiger partial charge on any atom is -0.336 e. The molecule has 1 aromatic rings. The van der Waals surface area contributed by atoms with Crippen molar-refractivity contribution in [2.75, 3.05) is 13.1 Å². The highest BCUT2D eigenvalue weighted by Crippen LogP contribution is 2.48. The van der Waals surface area contributed by atoms with Gasteiger partial charge < -0.3 is 4.90 Å². The Morgan fingerprint density at radius 3 is 2.45 bits per heavy atom. The molecule has 2 bridgehead atoms. The molecule has 2 unspecified atom stereocenters. The number of fused-ring (bicyclic) bond motifs is 2. The van der Waals surface area contributed by atoms with Gasteiger partial charge in [-0.3, -0.25) is 14.7 Å². The molecule has 5 nitrogen and oxygen atoms in total. The van der Waals surface area contributed by atoms with Gasteiger partial charge in [0.15, 0.2) is 5.78 Å². The summed E-state index contributed by atoms with van der Waals surface area (Å²) >= 11 is 0. The van der Waals surface area contributed by atoms with Crippen LogP contribution in [0, 0.1) is 11.8 Å². The second kappa shape index (κ2) is 4.36. The predicted octanol–water partition coefficient (Wildman–Crippen LogP) is 1.73. The summed E-state index contributed by atoms with van der Waals surface area (Å²) in [7, 11) is 0. The van der Waals surface area contributed by atoms with Gasteiger partial charge in [-0.25, -0.2) is 8.78 Å². The zero-order valence-electron chi connectivity index (χ0n) is 11.0. The topological polar surface area (TPSA) is 66.1 Å². The lowest BCUT2D eigenvalue weighted by Crippen LogP contribution is -2.50. The van der Waals surface area contributed by atoms with E-state index in [1.807, 2.05) is 0 Å². The molecule has 1 aliphatic heterocycles. The van der Waals surface area contributed by atoms with Gasteiger partial charge in [-0.15, -0.1) is 0 Å². The number of hydrogen-bond donors (Lipinski definition) is 1. The maximum Gasteiger partial charge on any atom is 0.271 e. The summed E-state index contributed by atoms with van der Waals surface area (Å²) in [6, 6.07) is 1.37. The minimum atomic E-state index is -2.66. The van der Waals surface area contributed by atoms with Crippen molar-refractivity contribution in [3.05, 3.63) is 17.5 Å². The number of aromatic amines is 1. The van der Waals surface area contributed by atoms with Crippen molar-refractivity contribution in [3.63, 3.8) is 0 Å². The summed E-state index contributed by atoms with van der Waals surface area (Å²) in [4.78, 5) is 24.9. The molecule has 2 heterocycles. The minimum absolute atomic E-state index is 0.0662. The molecule has 108 valence electrons. The number of aromatic nitrogens is 2. The first-order valence-corrected chi connectivity index (χ1v) is 6.63. The van der Waals surface area contributed by atoms with Crippen LogP contribution in [0.5, 0.6) is 0 Å². The van der Waals surface area contributed by atoms with Crippen LogP contribution in [0.4, 0.5) is 8.78 Å². The third-order valence-corrected chi connectivity index (χ3v) is 4.29. The van der Waals surface area contributed by atoms with Gasteiger partial charge in [-0.2, -0.15) is 5.10 Å². The van der Waals surface area contributed by atoms with Crippen LogP contribution in [0.25, 0.3) is 0 Å². The molecule has 0 radical (unpaired) electrons. The Morgan fingerprint density at radius 2 is 1.95 bits per heavy atom. The number of nitrogens with one attached hydrogen (secondary N) is 1. The first kappa shape index (κ1) is 13.2. The van der Waals surface area contributed by atoms with E-state index in [1.54, 1.807) is 0 Å². The smallest absolute Gasteiger partial charge is 0.271 e. The fraction of sp³-hybridized carbons (Fsp3) is 0.615. The molecule has 1 aliphatic carbocycles. The fourth-order valence-corrected chi connectivity index (χ4v) is 3.10. The molecule has 2 atom stereocenters. The van der Waals surface area contributed by atoms with E-state index in [0.717, 1.165) is 0 Å². The number of carbonyl (C=O) groups excluding carboxylic acids is 2. The first-order chi connectivity index (χ1) is 9.39. The number of alkyl halides is 2. The number of rotatable bonds is 2. The van der Waals surface area contributed by atoms with Gasteiger partial charge in [0.05, 0.1) is 0 Å². The monoisotopic (exact) mass is 283 g/mol. The maximum absolute atomic E-state index is 13.8. The van der Waals surface area contributed by atoms with E-state index in [0.29, 0.717) is 12.8 Å². The number of likely N-dealkylation sites (tertiary alicyclic amines) is 1. The number of amides is 1. The van der Waals surface area contributed by atoms with Gasteiger partial charge in [-0.1, -0.05) is 0 Å². The number of ketones is 1. The summed E-state index contributed by atoms with van der Waals surface area (Å²) in [5.41, 5.74) is 0.360. The molecule has 3 rings (SSSR count). The average Bonchev–Trinajstić information content (AvgIpc) is 2.88. The Balaban J connectivity index is 1.77. The van der Waals surface area contributed by atoms with Crippen LogP contribution in [0.2, 0.25) is 0 Å². The van der Waals surface area contributed by atoms with Crippen molar-refractivity contribution in [2.45, 2.75) is 25.7 Å². The maximum atomic E-state index is 13.8. The summed E-state index contributed by atoms with van der Waals surface area (Å²) in [5.74, 6) is -4.77. The third kappa shape index (κ3) is 1.92. The molecular weight excluding hydrogens is 268 g/mol. The van der Waals surface area contributed by atoms with Crippen molar-refractivity contribution in [2.24, 2.45) is 11.8 Å². The lowest BCUT2D eigenvalue weighted by Gasteiger charge is -2.37. The van der Waals surface area contributed by atoms with Crippen LogP contribution in [-0.2, 0) is 0 Å². The van der Waals surface area contributed by atoms with Crippen LogP contribution in [0.3, 0.4) is 0 Å². The number of H-pyrrole nitrogens is 1. The van der Waals surface area contributed by atoms with Crippen LogP contribution in [0.1, 0.15) is 40.7 Å². The number of piperidine rings is 1. The summed E-state index contributed by atoms with van der Waals surface area (Å²) in [6.45, 7) is 1.49. The first-order valence-electron chi connectivity index (χ1n) is 6.63. The highest BCUT2D eigenvalue weighted by atomic mass is 19.3. The average molecular weight is 283 g/mol. The molecule has 0 spiro atoms. The molecule has 2 aliphatic rings. The second-order valence-electron chi connectivity index (χ2n) is 5.58. The second-order valence-corrected chi connectivity index (χ2v) is 5.58. The van der Waals surface area contributed by atoms with Gasteiger partial charge >= 0.3 is 0 Å². The molecule has 1 aromatic heterocycles. The molecular formula is C13H15F2N3O2. The Bertz CT molecular complexity index is 554. The number of halogens is 2. The standard InChI is InChI=1S/C13H15F2N3O2/c1-7(19)10-4-11(17-16-10)12(20)18-5-8-2-3-9(6-18)13(8,14)15/h4,8-9H,2-3,5-6H2,1H3,(H,16,17). The molecule has 2 fully saturated rings. The van der Waals surface area contributed by atoms with Crippen LogP contribution < -0.4 is 0 Å². The Morgan fingerprint density at radius 1 is 1.35 bits per heavy atom. The Kier molecular flexibility index (Phi) is 2.88. The Hall–Kier alpha value is -1.79. The van der Waals surface area contributed by atoms with E-state index >= 15 is 0 Å². The van der Waals surface area contributed by atoms with E-state index in [1.165, 1.54) is 17.9 Å². The molecule has 0 aromatic carbocycles. The SMILES string of the molecule is CC(=O)c1cc(C(=O)N2CC3CCC(C2)C3(F)F)[nH]n1. The molecule has 1 saturated carbocycles. The fourth-order valence-electron chi connectivity index (χ4n) is 3.10. The Labute approximate surface area is 114 Å². The molecule has 7 heteroatoms. The van der Waals surface area contributed by atoms with E-state index in [4.69, 9.17) is 0 Å². The van der Waals surface area contributed by atoms with E-state index in [-0.39, 0.29) is 36.2 Å². The lowest BCUT2D eigenvalue weighted by molar-refractivity contribution is -0.110. The van der Waals surface area contributed by atoms with Crippen molar-refractivity contribution in [1.82, 2.24) is 15.1 Å². The molecule has 1 N–H and O–H groups in total. The van der Waals surface area contributed by atoms with E-state index < -0.39 is 17.8 Å². The number of nitrogens with zero attached hydrogens (tertiary/aromatic N) is 2. The van der Waals surface area contributed by atoms with Crippen molar-refractivity contribution in [3.8, 4) is 0 Å². The molecule has 1 saturated heterocycles. The quantitative estimate of drug-likeness (QED) is 0.841. The zero-order valence-corrected chi connectivity index (χ0v) is 11.0. The molecule has 1 amide bonds. The summed E-state index contributed by atoms with van der Waals surface area (Å²) < 4.78 is 27.6. The highest BCUT2D eigenvalue weighted by Gasteiger charge is 2.56. The van der Waals surface area contributed by atoms with Crippen molar-refractivity contribution >= 4 is 11.7 Å². The van der Waals surface area contributed by atoms with Gasteiger partial charge in [0.1, 0.15) is 11.4 Å². The van der Waals surface area contributed by atoms with Crippen LogP contribution in [-0.4, -0.2) is 45.8 Å². The van der Waals surface area contributed by atoms with Crippen LogP contribution in [0.15, 0.2) is 6.07 Å². The van der Waals surface area contributed by atoms with Crippen molar-refractivity contribution < 1.29 is 18.4 Å². The lowest BCUT2D eigenvalue weighted by atomic mass is 9.93. The summed E-state index contributed by atoms with van der Waals surface area (Å²) in [5, 5.41) is 6.25. The van der Waals surface area contributed by atoms with E-state index in [2.05, 4.69) is 10.2 Å². The summed E-state index contributed by atoms with van der Waals surface area (Å²) in [6.07, 6.45) is 0.923. The van der Waals surface area contributed by atoms with Crippen molar-refractivity contribution in [1.29, 1.82) is 0 Å². The highest BCUT2D eigenvalue weighted by molar-refractivity contribution is 5.97.